The van der Waals surface area contributed by atoms with Gasteiger partial charge in [-0.05, 0) is 23.9 Å². The zero-order chi connectivity index (χ0) is 7.98. The molecule has 0 radical (unpaired) electrons. The molecule has 5 heteroatoms. The molecule has 0 spiro atoms. The van der Waals surface area contributed by atoms with E-state index in [1.165, 1.54) is 27.6 Å². The van der Waals surface area contributed by atoms with Crippen molar-refractivity contribution in [3.63, 3.8) is 0 Å². The van der Waals surface area contributed by atoms with E-state index in [4.69, 9.17) is 5.73 Å². The summed E-state index contributed by atoms with van der Waals surface area (Å²) in [6.45, 7) is 3.97. The number of urea groups is 1. The third-order valence-electron chi connectivity index (χ3n) is 0.673. The molecule has 0 fully saturated rings. The Hall–Kier alpha value is -0.0300. The van der Waals surface area contributed by atoms with Crippen LogP contribution in [-0.2, 0) is 0 Å². The molecular weight excluding hydrogens is 168 g/mol. The molecule has 0 rings (SSSR count). The van der Waals surface area contributed by atoms with Gasteiger partial charge in [0.05, 0.1) is 0 Å². The van der Waals surface area contributed by atoms with Crippen LogP contribution in [0.1, 0.15) is 13.8 Å². The van der Waals surface area contributed by atoms with E-state index in [1.54, 1.807) is 0 Å². The fourth-order valence-electron chi connectivity index (χ4n) is 0.399. The maximum absolute atomic E-state index is 10.6. The smallest absolute Gasteiger partial charge is 0.335 e. The summed E-state index contributed by atoms with van der Waals surface area (Å²) in [5.41, 5.74) is 5.05. The number of nitrogens with zero attached hydrogens (tertiary/aromatic N) is 1. The van der Waals surface area contributed by atoms with Gasteiger partial charge < -0.3 is 5.73 Å². The molecule has 0 aromatic rings. The normalized spacial score (nSPS) is 9.40. The summed E-state index contributed by atoms with van der Waals surface area (Å²) in [6, 6.07) is -0.376. The molecule has 2 N–H and O–H groups in total. The molecular formula is C5H12N2OS2. The Bertz CT molecular complexity index is 104. The number of amides is 2. The highest BCUT2D eigenvalue weighted by atomic mass is 32.2. The molecule has 60 valence electrons. The van der Waals surface area contributed by atoms with Crippen molar-refractivity contribution in [3.8, 4) is 0 Å². The van der Waals surface area contributed by atoms with Crippen molar-refractivity contribution in [2.75, 3.05) is 11.5 Å². The van der Waals surface area contributed by atoms with Crippen LogP contribution in [0.3, 0.4) is 0 Å². The summed E-state index contributed by atoms with van der Waals surface area (Å²) in [7, 11) is 0. The zero-order valence-electron chi connectivity index (χ0n) is 6.16. The Kier molecular flexibility index (Phi) is 5.71. The highest BCUT2D eigenvalue weighted by Gasteiger charge is 2.07. The summed E-state index contributed by atoms with van der Waals surface area (Å²) in [4.78, 5) is 10.6. The Morgan fingerprint density at radius 3 is 2.00 bits per heavy atom. The molecule has 0 aliphatic heterocycles. The van der Waals surface area contributed by atoms with Crippen molar-refractivity contribution in [1.82, 2.24) is 3.71 Å². The van der Waals surface area contributed by atoms with Gasteiger partial charge in [0, 0.05) is 11.5 Å². The number of nitrogens with two attached hydrogens (primary N) is 1. The fraction of sp³-hybridized carbons (Fsp3) is 0.800. The second kappa shape index (κ2) is 5.73. The summed E-state index contributed by atoms with van der Waals surface area (Å²) < 4.78 is 1.50. The lowest BCUT2D eigenvalue weighted by molar-refractivity contribution is 0.246. The van der Waals surface area contributed by atoms with Gasteiger partial charge in [-0.2, -0.15) is 0 Å². The standard InChI is InChI=1S/C5H12N2OS2/c1-3-9-7(5(6)8)10-4-2/h3-4H2,1-2H3,(H2,6,8). The van der Waals surface area contributed by atoms with Crippen molar-refractivity contribution in [2.24, 2.45) is 5.73 Å². The van der Waals surface area contributed by atoms with Crippen molar-refractivity contribution in [2.45, 2.75) is 13.8 Å². The minimum Gasteiger partial charge on any atom is -0.350 e. The summed E-state index contributed by atoms with van der Waals surface area (Å²) in [5, 5.41) is 0. The van der Waals surface area contributed by atoms with Gasteiger partial charge in [-0.3, -0.25) is 0 Å². The minimum absolute atomic E-state index is 0.376. The zero-order valence-corrected chi connectivity index (χ0v) is 7.80. The lowest BCUT2D eigenvalue weighted by Gasteiger charge is -2.14. The molecule has 0 aromatic carbocycles. The predicted octanol–water partition coefficient (Wildman–Crippen LogP) is 1.70. The largest absolute Gasteiger partial charge is 0.350 e. The summed E-state index contributed by atoms with van der Waals surface area (Å²) in [5.74, 6) is 1.74. The Morgan fingerprint density at radius 2 is 1.80 bits per heavy atom. The fourth-order valence-corrected chi connectivity index (χ4v) is 2.05. The van der Waals surface area contributed by atoms with Crippen LogP contribution in [0.15, 0.2) is 0 Å². The summed E-state index contributed by atoms with van der Waals surface area (Å²) >= 11 is 2.86. The maximum Gasteiger partial charge on any atom is 0.335 e. The van der Waals surface area contributed by atoms with Crippen LogP contribution < -0.4 is 5.73 Å². The molecule has 2 amide bonds. The Morgan fingerprint density at radius 1 is 1.40 bits per heavy atom. The second-order valence-electron chi connectivity index (χ2n) is 1.43. The molecule has 0 saturated carbocycles. The van der Waals surface area contributed by atoms with Crippen LogP contribution in [0.5, 0.6) is 0 Å². The number of carbonyl (C=O) groups excluding carboxylic acids is 1. The summed E-state index contributed by atoms with van der Waals surface area (Å²) in [6.07, 6.45) is 0. The predicted molar refractivity (Wildman–Crippen MR) is 47.7 cm³/mol. The van der Waals surface area contributed by atoms with Gasteiger partial charge in [-0.25, -0.2) is 8.51 Å². The molecule has 0 heterocycles. The monoisotopic (exact) mass is 180 g/mol. The molecule has 0 saturated heterocycles. The first-order valence-electron chi connectivity index (χ1n) is 3.07. The van der Waals surface area contributed by atoms with Gasteiger partial charge in [0.15, 0.2) is 0 Å². The molecule has 0 aliphatic rings. The van der Waals surface area contributed by atoms with Crippen molar-refractivity contribution < 1.29 is 4.79 Å². The third-order valence-corrected chi connectivity index (χ3v) is 2.65. The number of hydrogen-bond acceptors (Lipinski definition) is 3. The van der Waals surface area contributed by atoms with Gasteiger partial charge >= 0.3 is 6.03 Å². The first kappa shape index (κ1) is 9.97. The van der Waals surface area contributed by atoms with Gasteiger partial charge in [-0.1, -0.05) is 13.8 Å². The number of carbonyl (C=O) groups is 1. The molecule has 0 unspecified atom stereocenters. The Balaban J connectivity index is 3.61. The molecule has 10 heavy (non-hydrogen) atoms. The van der Waals surface area contributed by atoms with Crippen LogP contribution in [0.25, 0.3) is 0 Å². The lowest BCUT2D eigenvalue weighted by atomic mass is 11.0. The quantitative estimate of drug-likeness (QED) is 0.670. The maximum atomic E-state index is 10.6. The van der Waals surface area contributed by atoms with E-state index in [-0.39, 0.29) is 6.03 Å². The van der Waals surface area contributed by atoms with Crippen molar-refractivity contribution in [1.29, 1.82) is 0 Å². The van der Waals surface area contributed by atoms with Crippen LogP contribution in [0.4, 0.5) is 4.79 Å². The first-order valence-corrected chi connectivity index (χ1v) is 4.96. The highest BCUT2D eigenvalue weighted by molar-refractivity contribution is 8.12. The third kappa shape index (κ3) is 3.90. The van der Waals surface area contributed by atoms with Crippen LogP contribution in [0.2, 0.25) is 0 Å². The average molecular weight is 180 g/mol. The van der Waals surface area contributed by atoms with Crippen LogP contribution in [-0.4, -0.2) is 21.2 Å². The van der Waals surface area contributed by atoms with E-state index in [0.717, 1.165) is 11.5 Å². The highest BCUT2D eigenvalue weighted by Crippen LogP contribution is 2.19. The topological polar surface area (TPSA) is 46.3 Å². The number of rotatable bonds is 4. The van der Waals surface area contributed by atoms with E-state index in [0.29, 0.717) is 0 Å². The van der Waals surface area contributed by atoms with Crippen LogP contribution >= 0.6 is 23.9 Å². The minimum atomic E-state index is -0.376. The van der Waals surface area contributed by atoms with E-state index in [9.17, 15) is 4.79 Å². The van der Waals surface area contributed by atoms with Crippen molar-refractivity contribution in [3.05, 3.63) is 0 Å². The number of hydrogen-bond donors (Lipinski definition) is 1. The van der Waals surface area contributed by atoms with Gasteiger partial charge in [0.1, 0.15) is 0 Å². The molecule has 0 aromatic heterocycles. The first-order chi connectivity index (χ1) is 4.72. The van der Waals surface area contributed by atoms with Gasteiger partial charge in [0.2, 0.25) is 0 Å². The molecule has 0 aliphatic carbocycles. The lowest BCUT2D eigenvalue weighted by Crippen LogP contribution is -2.24. The van der Waals surface area contributed by atoms with Crippen LogP contribution in [0, 0.1) is 0 Å². The van der Waals surface area contributed by atoms with Gasteiger partial charge in [-0.15, -0.1) is 0 Å². The average Bonchev–Trinajstić information content (AvgIpc) is 1.87. The van der Waals surface area contributed by atoms with E-state index in [2.05, 4.69) is 0 Å². The number of primary amides is 1. The second-order valence-corrected chi connectivity index (χ2v) is 4.06. The Labute approximate surface area is 70.0 Å². The molecule has 0 atom stereocenters. The van der Waals surface area contributed by atoms with Gasteiger partial charge in [0.25, 0.3) is 0 Å². The van der Waals surface area contributed by atoms with E-state index >= 15 is 0 Å². The van der Waals surface area contributed by atoms with E-state index in [1.807, 2.05) is 13.8 Å². The molecule has 3 nitrogen and oxygen atoms in total. The molecule has 0 bridgehead atoms. The van der Waals surface area contributed by atoms with Crippen molar-refractivity contribution >= 4 is 29.9 Å². The SMILES string of the molecule is CCSN(SCC)C(N)=O. The van der Waals surface area contributed by atoms with E-state index < -0.39 is 0 Å².